The van der Waals surface area contributed by atoms with Crippen molar-refractivity contribution in [2.24, 2.45) is 9.98 Å². The van der Waals surface area contributed by atoms with E-state index in [1.54, 1.807) is 12.1 Å². The zero-order chi connectivity index (χ0) is 20.9. The summed E-state index contributed by atoms with van der Waals surface area (Å²) in [7, 11) is -5.84. The summed E-state index contributed by atoms with van der Waals surface area (Å²) in [6.45, 7) is 0.637. The number of aromatic nitrogens is 1. The number of aliphatic hydroxyl groups excluding tert-OH is 2. The summed E-state index contributed by atoms with van der Waals surface area (Å²) >= 11 is 0. The number of halogens is 3. The molecule has 1 aromatic heterocycles. The maximum Gasteiger partial charge on any atom is 0.522 e. The Bertz CT molecular complexity index is 819. The number of pyridine rings is 1. The standard InChI is InChI=1S/C13H15N3O4.CHF3O3S.Yb/c17-4-8-6-19-12(14-8)10-2-1-3-11(16-10)13-15-9(5-18)7-20-13;2-1(3,4)8(5,6)7;/h1-3,8-9,17-18H,4-7H2;(H,5,6,7);/t8-,9-;;/m1../s1. The van der Waals surface area contributed by atoms with E-state index < -0.39 is 15.6 Å². The van der Waals surface area contributed by atoms with Crippen LogP contribution in [0.5, 0.6) is 0 Å². The second kappa shape index (κ2) is 11.0. The SMILES string of the molecule is O=S(=O)(O)C(F)(F)F.OC[C@@H]1COC(c2cccc(C3=N[C@H](CO)CO3)n2)=N1.[Yb]. The molecule has 0 bridgehead atoms. The molecule has 0 saturated heterocycles. The van der Waals surface area contributed by atoms with Gasteiger partial charge in [0, 0.05) is 46.9 Å². The van der Waals surface area contributed by atoms with Gasteiger partial charge in [-0.05, 0) is 12.1 Å². The first kappa shape index (κ1) is 26.3. The monoisotopic (exact) mass is 601 g/mol. The van der Waals surface area contributed by atoms with Crippen LogP contribution in [0.4, 0.5) is 13.2 Å². The number of nitrogens with zero attached hydrogens (tertiary/aromatic N) is 3. The van der Waals surface area contributed by atoms with Gasteiger partial charge in [0.2, 0.25) is 11.8 Å². The smallest absolute Gasteiger partial charge is 0.474 e. The molecule has 0 spiro atoms. The number of aliphatic hydroxyl groups is 2. The van der Waals surface area contributed by atoms with Crippen LogP contribution < -0.4 is 0 Å². The van der Waals surface area contributed by atoms with Crippen molar-refractivity contribution in [2.75, 3.05) is 26.4 Å². The van der Waals surface area contributed by atoms with Crippen molar-refractivity contribution in [3.8, 4) is 0 Å². The molecule has 3 rings (SSSR count). The van der Waals surface area contributed by atoms with Crippen LogP contribution in [-0.2, 0) is 19.6 Å². The van der Waals surface area contributed by atoms with Crippen molar-refractivity contribution in [3.63, 3.8) is 0 Å². The van der Waals surface area contributed by atoms with E-state index in [0.29, 0.717) is 36.4 Å². The molecule has 29 heavy (non-hydrogen) atoms. The Kier molecular flexibility index (Phi) is 9.98. The van der Waals surface area contributed by atoms with Crippen LogP contribution in [0, 0.1) is 46.9 Å². The summed E-state index contributed by atoms with van der Waals surface area (Å²) in [4.78, 5) is 12.9. The van der Waals surface area contributed by atoms with Gasteiger partial charge >= 0.3 is 15.6 Å². The van der Waals surface area contributed by atoms with Crippen molar-refractivity contribution < 1.29 is 92.8 Å². The molecule has 3 N–H and O–H groups in total. The minimum absolute atomic E-state index is 0. The number of alkyl halides is 3. The normalized spacial score (nSPS) is 21.0. The summed E-state index contributed by atoms with van der Waals surface area (Å²) in [5.41, 5.74) is -4.37. The summed E-state index contributed by atoms with van der Waals surface area (Å²) in [6.07, 6.45) is 0. The third kappa shape index (κ3) is 7.45. The summed E-state index contributed by atoms with van der Waals surface area (Å²) in [6, 6.07) is 4.92. The summed E-state index contributed by atoms with van der Waals surface area (Å²) < 4.78 is 68.4. The Morgan fingerprint density at radius 1 is 1.00 bits per heavy atom. The molecule has 0 amide bonds. The largest absolute Gasteiger partial charge is 0.522 e. The molecular formula is C14H16F3N3O7SYb. The van der Waals surface area contributed by atoms with E-state index in [0.717, 1.165) is 0 Å². The van der Waals surface area contributed by atoms with E-state index in [1.807, 2.05) is 6.07 Å². The van der Waals surface area contributed by atoms with Gasteiger partial charge in [0.25, 0.3) is 0 Å². The molecule has 1 aromatic rings. The van der Waals surface area contributed by atoms with Crippen molar-refractivity contribution >= 4 is 21.9 Å². The van der Waals surface area contributed by atoms with Gasteiger partial charge in [0.1, 0.15) is 36.7 Å². The molecule has 2 aliphatic rings. The fraction of sp³-hybridized carbons (Fsp3) is 0.500. The Balaban J connectivity index is 0.000000403. The molecule has 0 saturated carbocycles. The summed E-state index contributed by atoms with van der Waals surface area (Å²) in [5, 5.41) is 18.1. The first-order chi connectivity index (χ1) is 13.0. The second-order valence-electron chi connectivity index (χ2n) is 5.49. The quantitative estimate of drug-likeness (QED) is 0.317. The predicted molar refractivity (Wildman–Crippen MR) is 88.6 cm³/mol. The van der Waals surface area contributed by atoms with E-state index in [9.17, 15) is 13.2 Å². The van der Waals surface area contributed by atoms with Gasteiger partial charge in [-0.15, -0.1) is 0 Å². The van der Waals surface area contributed by atoms with E-state index in [1.165, 1.54) is 0 Å². The average Bonchev–Trinajstić information content (AvgIpc) is 3.30. The number of ether oxygens (including phenoxy) is 2. The average molecular weight is 600 g/mol. The van der Waals surface area contributed by atoms with E-state index in [2.05, 4.69) is 15.0 Å². The van der Waals surface area contributed by atoms with Gasteiger partial charge in [-0.3, -0.25) is 4.55 Å². The van der Waals surface area contributed by atoms with Gasteiger partial charge in [0.15, 0.2) is 0 Å². The van der Waals surface area contributed by atoms with E-state index in [-0.39, 0.29) is 72.2 Å². The van der Waals surface area contributed by atoms with Crippen molar-refractivity contribution in [1.82, 2.24) is 4.98 Å². The topological polar surface area (TPSA) is 151 Å². The molecule has 0 fully saturated rings. The van der Waals surface area contributed by atoms with Gasteiger partial charge < -0.3 is 19.7 Å². The van der Waals surface area contributed by atoms with Crippen LogP contribution in [0.25, 0.3) is 0 Å². The van der Waals surface area contributed by atoms with Crippen LogP contribution in [0.3, 0.4) is 0 Å². The van der Waals surface area contributed by atoms with Crippen molar-refractivity contribution in [2.45, 2.75) is 17.6 Å². The fourth-order valence-corrected chi connectivity index (χ4v) is 1.97. The van der Waals surface area contributed by atoms with E-state index >= 15 is 0 Å². The van der Waals surface area contributed by atoms with Gasteiger partial charge in [-0.2, -0.15) is 21.6 Å². The second-order valence-corrected chi connectivity index (χ2v) is 6.91. The molecule has 0 radical (unpaired) electrons. The van der Waals surface area contributed by atoms with Gasteiger partial charge in [-0.1, -0.05) is 6.07 Å². The zero-order valence-electron chi connectivity index (χ0n) is 14.3. The molecule has 10 nitrogen and oxygen atoms in total. The third-order valence-corrected chi connectivity index (χ3v) is 3.91. The molecule has 3 heterocycles. The Morgan fingerprint density at radius 3 is 1.66 bits per heavy atom. The fourth-order valence-electron chi connectivity index (χ4n) is 1.97. The van der Waals surface area contributed by atoms with Crippen LogP contribution in [-0.4, -0.2) is 84.0 Å². The van der Waals surface area contributed by atoms with Gasteiger partial charge in [-0.25, -0.2) is 15.0 Å². The van der Waals surface area contributed by atoms with Crippen LogP contribution in [0.1, 0.15) is 11.4 Å². The van der Waals surface area contributed by atoms with Gasteiger partial charge in [0.05, 0.1) is 13.2 Å². The molecule has 0 aliphatic carbocycles. The van der Waals surface area contributed by atoms with Crippen LogP contribution in [0.15, 0.2) is 28.2 Å². The summed E-state index contributed by atoms with van der Waals surface area (Å²) in [5.74, 6) is 0.839. The number of aliphatic imine (C=N–C) groups is 2. The minimum atomic E-state index is -5.84. The molecular weight excluding hydrogens is 584 g/mol. The molecule has 0 aromatic carbocycles. The Labute approximate surface area is 201 Å². The number of rotatable bonds is 4. The number of hydrogen-bond acceptors (Lipinski definition) is 9. The third-order valence-electron chi connectivity index (χ3n) is 3.33. The molecule has 2 atom stereocenters. The zero-order valence-corrected chi connectivity index (χ0v) is 16.9. The first-order valence-electron chi connectivity index (χ1n) is 7.69. The van der Waals surface area contributed by atoms with Crippen molar-refractivity contribution in [1.29, 1.82) is 0 Å². The Hall–Kier alpha value is -0.771. The number of hydrogen-bond donors (Lipinski definition) is 3. The molecule has 0 unspecified atom stereocenters. The Morgan fingerprint density at radius 2 is 1.38 bits per heavy atom. The van der Waals surface area contributed by atoms with Crippen LogP contribution >= 0.6 is 0 Å². The molecule has 2 aliphatic heterocycles. The maximum absolute atomic E-state index is 10.7. The van der Waals surface area contributed by atoms with Crippen LogP contribution in [0.2, 0.25) is 0 Å². The molecule has 15 heteroatoms. The molecule has 170 valence electrons. The minimum Gasteiger partial charge on any atom is -0.474 e. The predicted octanol–water partition coefficient (Wildman–Crippen LogP) is -0.249. The van der Waals surface area contributed by atoms with E-state index in [4.69, 9.17) is 32.7 Å². The maximum atomic E-state index is 10.7. The first-order valence-corrected chi connectivity index (χ1v) is 9.13. The van der Waals surface area contributed by atoms with Crippen molar-refractivity contribution in [3.05, 3.63) is 29.6 Å².